The minimum absolute atomic E-state index is 0.0460. The Morgan fingerprint density at radius 3 is 2.54 bits per heavy atom. The second-order valence-electron chi connectivity index (χ2n) is 10.1. The number of halogens is 1. The van der Waals surface area contributed by atoms with E-state index < -0.39 is 69.5 Å². The van der Waals surface area contributed by atoms with Gasteiger partial charge in [0.1, 0.15) is 28.7 Å². The number of phenolic OH excluding ortho intramolecular Hbond substituents is 1. The molecule has 1 unspecified atom stereocenters. The number of aromatic hydroxyl groups is 1. The number of Topliss-reactive ketones (excluding diaryl/α,β-unsaturated/α-hetero) is 3. The normalized spacial score (nSPS) is 33.1. The van der Waals surface area contributed by atoms with E-state index in [-0.39, 0.29) is 35.6 Å². The van der Waals surface area contributed by atoms with Crippen LogP contribution in [0.25, 0.3) is 5.76 Å². The molecule has 5 atom stereocenters. The average molecular weight is 486 g/mol. The lowest BCUT2D eigenvalue weighted by Gasteiger charge is -2.48. The number of likely N-dealkylation sites (tertiary alicyclic amines) is 1. The maximum Gasteiger partial charge on any atom is 0.202 e. The summed E-state index contributed by atoms with van der Waals surface area (Å²) in [6, 6.07) is -0.447. The van der Waals surface area contributed by atoms with Gasteiger partial charge in [-0.15, -0.1) is 0 Å². The smallest absolute Gasteiger partial charge is 0.202 e. The number of phenols is 1. The van der Waals surface area contributed by atoms with Crippen LogP contribution >= 0.6 is 0 Å². The molecule has 1 aromatic carbocycles. The molecular formula is C25H27FN2O7. The molecule has 10 heteroatoms. The van der Waals surface area contributed by atoms with Crippen molar-refractivity contribution in [1.29, 1.82) is 0 Å². The molecule has 1 saturated heterocycles. The lowest BCUT2D eigenvalue weighted by molar-refractivity contribution is -0.149. The number of hydrogen-bond acceptors (Lipinski definition) is 9. The van der Waals surface area contributed by atoms with Crippen LogP contribution in [-0.4, -0.2) is 67.9 Å². The molecule has 0 spiro atoms. The number of carbonyl (C=O) groups is 3. The molecule has 6 N–H and O–H groups in total. The Bertz CT molecular complexity index is 1270. The molecule has 0 radical (unpaired) electrons. The number of fused-ring (bicyclic) bond motifs is 3. The van der Waals surface area contributed by atoms with Gasteiger partial charge in [0, 0.05) is 28.7 Å². The van der Waals surface area contributed by atoms with Gasteiger partial charge in [0.2, 0.25) is 5.78 Å². The van der Waals surface area contributed by atoms with Crippen molar-refractivity contribution in [2.45, 2.75) is 50.3 Å². The van der Waals surface area contributed by atoms with E-state index in [1.165, 1.54) is 6.07 Å². The van der Waals surface area contributed by atoms with Gasteiger partial charge in [0.05, 0.1) is 11.6 Å². The number of benzene rings is 1. The number of hydrogen-bond donors (Lipinski definition) is 5. The number of aliphatic hydroxyl groups excluding tert-OH is 2. The fourth-order valence-corrected chi connectivity index (χ4v) is 6.43. The fraction of sp³-hybridized carbons (Fsp3) is 0.480. The summed E-state index contributed by atoms with van der Waals surface area (Å²) < 4.78 is 15.8. The van der Waals surface area contributed by atoms with Crippen molar-refractivity contribution < 1.29 is 39.2 Å². The number of carbonyl (C=O) groups excluding carboxylic acids is 3. The Morgan fingerprint density at radius 1 is 1.26 bits per heavy atom. The van der Waals surface area contributed by atoms with Gasteiger partial charge in [0.15, 0.2) is 17.2 Å². The Balaban J connectivity index is 1.69. The quantitative estimate of drug-likeness (QED) is 0.389. The summed E-state index contributed by atoms with van der Waals surface area (Å²) in [5.74, 6) is -7.75. The average Bonchev–Trinajstić information content (AvgIpc) is 3.22. The first kappa shape index (κ1) is 23.7. The first-order valence-corrected chi connectivity index (χ1v) is 11.6. The lowest BCUT2D eigenvalue weighted by atomic mass is 9.57. The van der Waals surface area contributed by atoms with Gasteiger partial charge in [-0.05, 0) is 58.2 Å². The summed E-state index contributed by atoms with van der Waals surface area (Å²) in [4.78, 5) is 40.2. The zero-order valence-electron chi connectivity index (χ0n) is 19.3. The zero-order chi connectivity index (χ0) is 25.6. The minimum Gasteiger partial charge on any atom is -0.508 e. The third kappa shape index (κ3) is 3.00. The summed E-state index contributed by atoms with van der Waals surface area (Å²) in [5, 5.41) is 43.9. The van der Waals surface area contributed by atoms with Crippen LogP contribution in [0.4, 0.5) is 4.39 Å². The van der Waals surface area contributed by atoms with E-state index in [0.29, 0.717) is 12.0 Å². The third-order valence-electron chi connectivity index (χ3n) is 8.20. The maximum atomic E-state index is 15.8. The number of nitrogens with two attached hydrogens (primary N) is 1. The summed E-state index contributed by atoms with van der Waals surface area (Å²) in [7, 11) is 1.86. The first-order valence-electron chi connectivity index (χ1n) is 11.6. The molecule has 1 heterocycles. The molecular weight excluding hydrogens is 459 g/mol. The summed E-state index contributed by atoms with van der Waals surface area (Å²) >= 11 is 0. The minimum atomic E-state index is -2.70. The van der Waals surface area contributed by atoms with Crippen molar-refractivity contribution in [3.8, 4) is 5.75 Å². The van der Waals surface area contributed by atoms with Crippen LogP contribution in [-0.2, 0) is 20.8 Å². The van der Waals surface area contributed by atoms with E-state index >= 15 is 4.39 Å². The van der Waals surface area contributed by atoms with Crippen LogP contribution in [0.3, 0.4) is 0 Å². The molecule has 35 heavy (non-hydrogen) atoms. The highest BCUT2D eigenvalue weighted by Gasteiger charge is 2.63. The van der Waals surface area contributed by atoms with Crippen LogP contribution in [0.15, 0.2) is 23.0 Å². The van der Waals surface area contributed by atoms with Gasteiger partial charge < -0.3 is 26.2 Å². The van der Waals surface area contributed by atoms with Crippen LogP contribution in [0.5, 0.6) is 5.75 Å². The Kier molecular flexibility index (Phi) is 5.21. The summed E-state index contributed by atoms with van der Waals surface area (Å²) in [6.07, 6.45) is 1.37. The fourth-order valence-electron chi connectivity index (χ4n) is 6.43. The topological polar surface area (TPSA) is 161 Å². The van der Waals surface area contributed by atoms with Crippen molar-refractivity contribution in [3.63, 3.8) is 0 Å². The van der Waals surface area contributed by atoms with Crippen molar-refractivity contribution in [1.82, 2.24) is 4.90 Å². The van der Waals surface area contributed by atoms with Gasteiger partial charge in [-0.2, -0.15) is 0 Å². The SMILES string of the molecule is CC(=O)C1=C(O)[C@@]2(O)C(=O)C3=C(O)c4c(O)cc(C5CCCN5C)c(F)c4C[C@H]3C[C@H]2[C@H](N)C1=O. The van der Waals surface area contributed by atoms with Crippen molar-refractivity contribution >= 4 is 23.1 Å². The molecule has 186 valence electrons. The Morgan fingerprint density at radius 2 is 1.94 bits per heavy atom. The van der Waals surface area contributed by atoms with E-state index in [2.05, 4.69) is 0 Å². The van der Waals surface area contributed by atoms with Crippen molar-refractivity contribution in [2.75, 3.05) is 13.6 Å². The molecule has 1 aromatic rings. The number of aliphatic hydroxyl groups is 3. The highest BCUT2D eigenvalue weighted by molar-refractivity contribution is 6.24. The van der Waals surface area contributed by atoms with E-state index in [9.17, 15) is 34.8 Å². The van der Waals surface area contributed by atoms with Gasteiger partial charge in [-0.25, -0.2) is 4.39 Å². The molecule has 1 aliphatic heterocycles. The second kappa shape index (κ2) is 7.71. The summed E-state index contributed by atoms with van der Waals surface area (Å²) in [5.41, 5.74) is 2.40. The lowest BCUT2D eigenvalue weighted by Crippen LogP contribution is -2.64. The molecule has 9 nitrogen and oxygen atoms in total. The van der Waals surface area contributed by atoms with E-state index in [0.717, 1.165) is 19.9 Å². The molecule has 2 fully saturated rings. The van der Waals surface area contributed by atoms with Gasteiger partial charge in [-0.3, -0.25) is 19.3 Å². The zero-order valence-corrected chi connectivity index (χ0v) is 19.3. The van der Waals surface area contributed by atoms with Crippen LogP contribution < -0.4 is 5.73 Å². The molecule has 4 aliphatic rings. The highest BCUT2D eigenvalue weighted by atomic mass is 19.1. The van der Waals surface area contributed by atoms with Crippen molar-refractivity contribution in [2.24, 2.45) is 17.6 Å². The Labute approximate surface area is 200 Å². The molecule has 1 saturated carbocycles. The Hall–Kier alpha value is -3.08. The third-order valence-corrected chi connectivity index (χ3v) is 8.20. The predicted octanol–water partition coefficient (Wildman–Crippen LogP) is 1.37. The second-order valence-corrected chi connectivity index (χ2v) is 10.1. The first-order chi connectivity index (χ1) is 16.4. The van der Waals surface area contributed by atoms with Gasteiger partial charge in [-0.1, -0.05) is 0 Å². The van der Waals surface area contributed by atoms with E-state index in [1.807, 2.05) is 11.9 Å². The largest absolute Gasteiger partial charge is 0.508 e. The molecule has 5 rings (SSSR count). The highest BCUT2D eigenvalue weighted by Crippen LogP contribution is 2.52. The number of rotatable bonds is 2. The monoisotopic (exact) mass is 486 g/mol. The van der Waals surface area contributed by atoms with Gasteiger partial charge in [0.25, 0.3) is 0 Å². The van der Waals surface area contributed by atoms with E-state index in [1.54, 1.807) is 0 Å². The maximum absolute atomic E-state index is 15.8. The molecule has 3 aliphatic carbocycles. The molecule has 0 amide bonds. The van der Waals surface area contributed by atoms with Crippen molar-refractivity contribution in [3.05, 3.63) is 45.5 Å². The predicted molar refractivity (Wildman–Crippen MR) is 121 cm³/mol. The van der Waals surface area contributed by atoms with Gasteiger partial charge >= 0.3 is 0 Å². The van der Waals surface area contributed by atoms with E-state index in [4.69, 9.17) is 5.73 Å². The number of nitrogens with zero attached hydrogens (tertiary/aromatic N) is 1. The summed E-state index contributed by atoms with van der Waals surface area (Å²) in [6.45, 7) is 1.78. The molecule has 0 aromatic heterocycles. The standard InChI is InChI=1S/C25H27FN2O7/c1-9(29)16-22(32)20(27)13-7-10-6-12-18(21(31)17(10)24(34)25(13,35)23(16)33)15(30)8-11(19(12)26)14-4-3-5-28(14)2/h8,10,13-14,20,30-31,33,35H,3-7,27H2,1-2H3/t10-,13-,14?,20-,25+/m0/s1. The van der Waals surface area contributed by atoms with Crippen LogP contribution in [0.2, 0.25) is 0 Å². The van der Waals surface area contributed by atoms with Crippen LogP contribution in [0, 0.1) is 17.7 Å². The molecule has 0 bridgehead atoms. The van der Waals surface area contributed by atoms with Crippen LogP contribution in [0.1, 0.15) is 48.9 Å². The number of ketones is 3.